The number of pyridine rings is 1. The molecule has 22 nitrogen and oxygen atoms in total. The number of fused-ring (bicyclic) bond motifs is 2. The average molecular weight is 1440 g/mol. The summed E-state index contributed by atoms with van der Waals surface area (Å²) in [5, 5.41) is 46.1. The van der Waals surface area contributed by atoms with Gasteiger partial charge < -0.3 is 45.6 Å². The lowest BCUT2D eigenvalue weighted by molar-refractivity contribution is -0.249. The second-order valence-electron chi connectivity index (χ2n) is 32.7. The molecule has 7 aromatic rings. The second-order valence-corrected chi connectivity index (χ2v) is 34.5. The van der Waals surface area contributed by atoms with Crippen molar-refractivity contribution in [1.82, 2.24) is 60.3 Å². The smallest absolute Gasteiger partial charge is 0.355 e. The number of benzene rings is 2. The number of nitrogens with zero attached hydrogens (tertiary/aromatic N) is 11. The third kappa shape index (κ3) is 16.4. The SMILES string of the molecule is Cc1ncsc1-c1ccc([C@H](C)NC(=O)[C@@H]2C[C@@H](O)CN2C(=O)[C@@H](NC(=O)CCCCCCCCCCC(=O)N2CCN(CCO[C@]34C[C@@]5(C)C[C@](C)(C[C@](Cn6ncc(-c7ccc(N8CCCc9c8nnc(Nc8nc%10ccccc%10s8)c9C)nc7C(=O)O)c6C)(C5)C3)C4)CC2)C(C)(C)C)cc1. The Morgan fingerprint density at radius 1 is 0.786 bits per heavy atom. The third-order valence-electron chi connectivity index (χ3n) is 22.9. The Balaban J connectivity index is 0.517. The zero-order chi connectivity index (χ0) is 72.6. The standard InChI is InChI=1S/C79H104N14O8S2/c1-50-57-21-20-32-91(70(57)88-87-69(50)86-74-83-60-22-18-19-23-62(60)103-74)63-31-30-58(66(84-63)73(99)100)59-40-81-93(53(59)4)48-78-43-76(8)42-77(9,44-78)46-79(45-76,47-78)101-38-37-89-33-35-90(36-34-89)65(96)25-17-15-13-11-10-12-14-16-24-64(95)85-68(75(5,6)7)72(98)92-41-56(94)39-61(92)71(97)82-51(2)54-26-28-55(29-27-54)67-52(3)80-49-102-67/h18-19,22-23,26-31,40,49,51,56,61,68,94H,10-17,20-21,24-25,32-39,41-48H2,1-9H3,(H,82,97)(H,85,95)(H,99,100)(H,83,86,87)/t51-,56+,61-,68+,76-,77+,78+,79-/m0/s1. The molecule has 4 amide bonds. The molecule has 8 atom stereocenters. The lowest BCUT2D eigenvalue weighted by Crippen LogP contribution is -2.64. The summed E-state index contributed by atoms with van der Waals surface area (Å²) in [6.07, 6.45) is 17.8. The van der Waals surface area contributed by atoms with Crippen molar-refractivity contribution in [3.63, 3.8) is 0 Å². The van der Waals surface area contributed by atoms with Crippen LogP contribution in [0.2, 0.25) is 0 Å². The Labute approximate surface area is 613 Å². The number of para-hydroxylation sites is 1. The molecular weight excluding hydrogens is 1340 g/mol. The average Bonchev–Trinajstić information content (AvgIpc) is 1.05. The summed E-state index contributed by atoms with van der Waals surface area (Å²) in [6.45, 7) is 24.6. The van der Waals surface area contributed by atoms with Gasteiger partial charge in [-0.05, 0) is 149 Å². The molecule has 2 aromatic carbocycles. The van der Waals surface area contributed by atoms with Crippen molar-refractivity contribution in [1.29, 1.82) is 0 Å². The molecule has 4 aliphatic carbocycles. The normalized spacial score (nSPS) is 23.8. The fourth-order valence-corrected chi connectivity index (χ4v) is 20.6. The number of unbranched alkanes of at least 4 members (excludes halogenated alkanes) is 7. The minimum absolute atomic E-state index is 0.0220. The van der Waals surface area contributed by atoms with Crippen LogP contribution in [0.25, 0.3) is 31.8 Å². The van der Waals surface area contributed by atoms with Gasteiger partial charge in [0, 0.05) is 99.6 Å². The molecule has 4 bridgehead atoms. The highest BCUT2D eigenvalue weighted by molar-refractivity contribution is 7.22. The number of hydrogen-bond donors (Lipinski definition) is 5. The molecule has 4 saturated carbocycles. The molecule has 0 radical (unpaired) electrons. The van der Waals surface area contributed by atoms with Crippen LogP contribution in [-0.4, -0.2) is 166 Å². The number of aliphatic hydroxyl groups excluding tert-OH is 1. The van der Waals surface area contributed by atoms with E-state index >= 15 is 0 Å². The number of carboxylic acid groups (broad SMARTS) is 1. The Morgan fingerprint density at radius 3 is 2.18 bits per heavy atom. The number of aromatic carboxylic acids is 1. The number of rotatable bonds is 28. The first-order chi connectivity index (χ1) is 49.3. The highest BCUT2D eigenvalue weighted by atomic mass is 32.1. The van der Waals surface area contributed by atoms with E-state index in [9.17, 15) is 34.2 Å². The number of carbonyl (C=O) groups excluding carboxylic acids is 4. The number of ether oxygens (including phenoxy) is 1. The molecule has 3 aliphatic heterocycles. The summed E-state index contributed by atoms with van der Waals surface area (Å²) < 4.78 is 10.4. The van der Waals surface area contributed by atoms with Crippen LogP contribution in [0.1, 0.15) is 202 Å². The quantitative estimate of drug-likeness (QED) is 0.0285. The van der Waals surface area contributed by atoms with Crippen LogP contribution in [0.3, 0.4) is 0 Å². The molecule has 0 spiro atoms. The zero-order valence-electron chi connectivity index (χ0n) is 61.6. The molecule has 8 heterocycles. The molecule has 2 saturated heterocycles. The van der Waals surface area contributed by atoms with E-state index in [1.807, 2.05) is 118 Å². The van der Waals surface area contributed by atoms with Crippen LogP contribution >= 0.6 is 22.7 Å². The summed E-state index contributed by atoms with van der Waals surface area (Å²) in [5.74, 6) is 0.101. The topological polar surface area (TPSA) is 266 Å². The van der Waals surface area contributed by atoms with Crippen LogP contribution in [0.5, 0.6) is 0 Å². The van der Waals surface area contributed by atoms with Gasteiger partial charge in [-0.1, -0.05) is 121 Å². The van der Waals surface area contributed by atoms with Gasteiger partial charge in [0.1, 0.15) is 17.9 Å². The van der Waals surface area contributed by atoms with E-state index in [0.717, 1.165) is 189 Å². The molecular formula is C79H104N14O8S2. The van der Waals surface area contributed by atoms with Gasteiger partial charge >= 0.3 is 5.97 Å². The molecule has 7 aliphatic rings. The highest BCUT2D eigenvalue weighted by Gasteiger charge is 2.66. The second kappa shape index (κ2) is 30.4. The Bertz CT molecular complexity index is 4200. The zero-order valence-corrected chi connectivity index (χ0v) is 63.2. The summed E-state index contributed by atoms with van der Waals surface area (Å²) in [6, 6.07) is 17.8. The van der Waals surface area contributed by atoms with Gasteiger partial charge in [0.05, 0.1) is 56.8 Å². The number of aliphatic hydroxyl groups is 1. The number of piperazine rings is 1. The first-order valence-corrected chi connectivity index (χ1v) is 39.2. The molecule has 24 heteroatoms. The van der Waals surface area contributed by atoms with E-state index < -0.39 is 29.6 Å². The van der Waals surface area contributed by atoms with Crippen LogP contribution < -0.4 is 20.9 Å². The first-order valence-electron chi connectivity index (χ1n) is 37.5. The van der Waals surface area contributed by atoms with Crippen molar-refractivity contribution in [2.75, 3.05) is 62.6 Å². The number of anilines is 4. The first kappa shape index (κ1) is 73.5. The van der Waals surface area contributed by atoms with Crippen molar-refractivity contribution >= 4 is 85.1 Å². The Morgan fingerprint density at radius 2 is 1.50 bits per heavy atom. The number of aromatic nitrogens is 7. The molecule has 6 fully saturated rings. The summed E-state index contributed by atoms with van der Waals surface area (Å²) in [4.78, 5) is 91.0. The van der Waals surface area contributed by atoms with Crippen LogP contribution in [0.15, 0.2) is 72.4 Å². The van der Waals surface area contributed by atoms with Crippen LogP contribution in [0.4, 0.5) is 22.6 Å². The lowest BCUT2D eigenvalue weighted by Gasteiger charge is -2.69. The fourth-order valence-electron chi connectivity index (χ4n) is 18.9. The molecule has 550 valence electrons. The van der Waals surface area contributed by atoms with Gasteiger partial charge in [0.2, 0.25) is 23.6 Å². The van der Waals surface area contributed by atoms with Gasteiger partial charge in [-0.2, -0.15) is 5.10 Å². The Kier molecular flexibility index (Phi) is 21.7. The highest BCUT2D eigenvalue weighted by Crippen LogP contribution is 2.72. The maximum atomic E-state index is 14.2. The summed E-state index contributed by atoms with van der Waals surface area (Å²) in [5.41, 5.74) is 9.33. The van der Waals surface area contributed by atoms with Gasteiger partial charge in [-0.25, -0.2) is 19.7 Å². The Hall–Kier alpha value is -7.77. The number of β-amino-alcohol motifs (C(OH)–C–C–N with tert-alkyl or cyclic N) is 1. The maximum absolute atomic E-state index is 14.2. The predicted molar refractivity (Wildman–Crippen MR) is 403 cm³/mol. The fraction of sp³-hybridized carbons (Fsp3) is 0.582. The largest absolute Gasteiger partial charge is 0.476 e. The number of nitrogens with one attached hydrogen (secondary N) is 3. The lowest BCUT2D eigenvalue weighted by atomic mass is 9.39. The van der Waals surface area contributed by atoms with Crippen molar-refractivity contribution in [3.8, 4) is 21.6 Å². The van der Waals surface area contributed by atoms with E-state index in [4.69, 9.17) is 24.9 Å². The van der Waals surface area contributed by atoms with E-state index in [0.29, 0.717) is 55.4 Å². The minimum Gasteiger partial charge on any atom is -0.476 e. The number of carboxylic acids is 1. The van der Waals surface area contributed by atoms with Crippen LogP contribution in [-0.2, 0) is 36.9 Å². The monoisotopic (exact) mass is 1440 g/mol. The van der Waals surface area contributed by atoms with Crippen molar-refractivity contribution in [2.24, 2.45) is 21.7 Å². The number of thiazole rings is 2. The van der Waals surface area contributed by atoms with E-state index in [1.54, 1.807) is 22.7 Å². The molecule has 103 heavy (non-hydrogen) atoms. The molecule has 0 unspecified atom stereocenters. The molecule has 5 aromatic heterocycles. The van der Waals surface area contributed by atoms with Crippen molar-refractivity contribution in [3.05, 3.63) is 106 Å². The van der Waals surface area contributed by atoms with Crippen LogP contribution in [0, 0.1) is 42.4 Å². The van der Waals surface area contributed by atoms with Crippen molar-refractivity contribution < 1.29 is 38.9 Å². The predicted octanol–water partition coefficient (Wildman–Crippen LogP) is 13.5. The molecule has 14 rings (SSSR count). The number of likely N-dealkylation sites (tertiary alicyclic amines) is 1. The number of aryl methyl sites for hydroxylation is 1. The van der Waals surface area contributed by atoms with Gasteiger partial charge in [-0.3, -0.25) is 28.8 Å². The minimum atomic E-state index is -1.10. The number of hydrogen-bond acceptors (Lipinski definition) is 18. The van der Waals surface area contributed by atoms with E-state index in [1.165, 1.54) is 11.3 Å². The van der Waals surface area contributed by atoms with Crippen molar-refractivity contribution in [2.45, 2.75) is 221 Å². The van der Waals surface area contributed by atoms with E-state index in [2.05, 4.69) is 62.5 Å². The number of carbonyl (C=O) groups is 5. The summed E-state index contributed by atoms with van der Waals surface area (Å²) >= 11 is 3.15. The maximum Gasteiger partial charge on any atom is 0.355 e. The third-order valence-corrected chi connectivity index (χ3v) is 24.9. The van der Waals surface area contributed by atoms with E-state index in [-0.39, 0.29) is 70.2 Å². The van der Waals surface area contributed by atoms with Gasteiger partial charge in [-0.15, -0.1) is 21.5 Å². The van der Waals surface area contributed by atoms with Gasteiger partial charge in [0.25, 0.3) is 0 Å². The summed E-state index contributed by atoms with van der Waals surface area (Å²) in [7, 11) is 0. The molecule has 5 N–H and O–H groups in total. The van der Waals surface area contributed by atoms with Gasteiger partial charge in [0.15, 0.2) is 22.5 Å². The number of amides is 4.